The molecule has 2 fully saturated rings. The van der Waals surface area contributed by atoms with Crippen molar-refractivity contribution in [1.82, 2.24) is 10.2 Å². The van der Waals surface area contributed by atoms with Gasteiger partial charge in [-0.25, -0.2) is 9.59 Å². The van der Waals surface area contributed by atoms with Gasteiger partial charge in [0.25, 0.3) is 0 Å². The SMILES string of the molecule is COC1CC(C(=O)O)N(C(=O)NC2CC2C)C1. The van der Waals surface area contributed by atoms with E-state index >= 15 is 0 Å². The number of urea groups is 1. The van der Waals surface area contributed by atoms with Crippen molar-refractivity contribution >= 4 is 12.0 Å². The number of rotatable bonds is 3. The van der Waals surface area contributed by atoms with E-state index in [-0.39, 0.29) is 18.2 Å². The molecular formula is C11H18N2O4. The highest BCUT2D eigenvalue weighted by molar-refractivity contribution is 5.83. The monoisotopic (exact) mass is 242 g/mol. The van der Waals surface area contributed by atoms with Crippen LogP contribution in [0, 0.1) is 5.92 Å². The maximum Gasteiger partial charge on any atom is 0.326 e. The molecule has 4 unspecified atom stereocenters. The Morgan fingerprint density at radius 1 is 1.41 bits per heavy atom. The Kier molecular flexibility index (Phi) is 3.24. The van der Waals surface area contributed by atoms with Gasteiger partial charge in [-0.3, -0.25) is 0 Å². The number of carboxylic acid groups (broad SMARTS) is 1. The summed E-state index contributed by atoms with van der Waals surface area (Å²) in [5.41, 5.74) is 0. The summed E-state index contributed by atoms with van der Waals surface area (Å²) in [7, 11) is 1.54. The Hall–Kier alpha value is -1.30. The van der Waals surface area contributed by atoms with Gasteiger partial charge in [0.1, 0.15) is 6.04 Å². The van der Waals surface area contributed by atoms with Crippen molar-refractivity contribution in [2.24, 2.45) is 5.92 Å². The highest BCUT2D eigenvalue weighted by Crippen LogP contribution is 2.30. The zero-order chi connectivity index (χ0) is 12.6. The van der Waals surface area contributed by atoms with Crippen LogP contribution in [0.25, 0.3) is 0 Å². The normalized spacial score (nSPS) is 35.8. The van der Waals surface area contributed by atoms with Gasteiger partial charge >= 0.3 is 12.0 Å². The first-order valence-electron chi connectivity index (χ1n) is 5.85. The Bertz CT molecular complexity index is 333. The quantitative estimate of drug-likeness (QED) is 0.745. The van der Waals surface area contributed by atoms with Crippen molar-refractivity contribution in [1.29, 1.82) is 0 Å². The van der Waals surface area contributed by atoms with E-state index < -0.39 is 12.0 Å². The molecule has 1 saturated carbocycles. The largest absolute Gasteiger partial charge is 0.480 e. The lowest BCUT2D eigenvalue weighted by atomic mass is 10.2. The second-order valence-electron chi connectivity index (χ2n) is 4.87. The first kappa shape index (κ1) is 12.2. The topological polar surface area (TPSA) is 78.9 Å². The van der Waals surface area contributed by atoms with Gasteiger partial charge in [-0.1, -0.05) is 6.92 Å². The molecule has 0 aromatic heterocycles. The van der Waals surface area contributed by atoms with Crippen LogP contribution in [-0.2, 0) is 9.53 Å². The van der Waals surface area contributed by atoms with E-state index in [0.29, 0.717) is 18.9 Å². The first-order chi connectivity index (χ1) is 8.02. The molecule has 6 heteroatoms. The zero-order valence-electron chi connectivity index (χ0n) is 10.0. The van der Waals surface area contributed by atoms with Gasteiger partial charge in [0.05, 0.1) is 6.10 Å². The van der Waals surface area contributed by atoms with Crippen molar-refractivity contribution < 1.29 is 19.4 Å². The molecule has 6 nitrogen and oxygen atoms in total. The second-order valence-corrected chi connectivity index (χ2v) is 4.87. The number of nitrogens with one attached hydrogen (secondary N) is 1. The van der Waals surface area contributed by atoms with Crippen molar-refractivity contribution in [3.63, 3.8) is 0 Å². The van der Waals surface area contributed by atoms with E-state index in [0.717, 1.165) is 6.42 Å². The lowest BCUT2D eigenvalue weighted by Gasteiger charge is -2.21. The van der Waals surface area contributed by atoms with E-state index in [2.05, 4.69) is 12.2 Å². The zero-order valence-corrected chi connectivity index (χ0v) is 10.0. The van der Waals surface area contributed by atoms with Crippen LogP contribution in [0.1, 0.15) is 19.8 Å². The van der Waals surface area contributed by atoms with Crippen LogP contribution in [-0.4, -0.2) is 53.8 Å². The second kappa shape index (κ2) is 4.52. The summed E-state index contributed by atoms with van der Waals surface area (Å²) in [6, 6.07) is -0.848. The van der Waals surface area contributed by atoms with E-state index in [4.69, 9.17) is 9.84 Å². The number of carbonyl (C=O) groups excluding carboxylic acids is 1. The van der Waals surface area contributed by atoms with Crippen molar-refractivity contribution in [3.05, 3.63) is 0 Å². The fourth-order valence-corrected chi connectivity index (χ4v) is 2.19. The third-order valence-corrected chi connectivity index (χ3v) is 3.56. The third kappa shape index (κ3) is 2.52. The van der Waals surface area contributed by atoms with Crippen LogP contribution in [0.15, 0.2) is 0 Å². The number of likely N-dealkylation sites (tertiary alicyclic amines) is 1. The maximum atomic E-state index is 11.9. The summed E-state index contributed by atoms with van der Waals surface area (Å²) in [4.78, 5) is 24.3. The lowest BCUT2D eigenvalue weighted by molar-refractivity contribution is -0.141. The summed E-state index contributed by atoms with van der Waals surface area (Å²) in [6.45, 7) is 2.40. The molecule has 0 aromatic carbocycles. The fourth-order valence-electron chi connectivity index (χ4n) is 2.19. The molecule has 2 aliphatic rings. The van der Waals surface area contributed by atoms with Crippen LogP contribution >= 0.6 is 0 Å². The van der Waals surface area contributed by atoms with Crippen molar-refractivity contribution in [2.45, 2.75) is 38.0 Å². The van der Waals surface area contributed by atoms with Crippen LogP contribution in [0.2, 0.25) is 0 Å². The molecule has 1 heterocycles. The molecule has 96 valence electrons. The number of aliphatic carboxylic acids is 1. The number of carbonyl (C=O) groups is 2. The molecular weight excluding hydrogens is 224 g/mol. The summed E-state index contributed by atoms with van der Waals surface area (Å²) < 4.78 is 5.13. The molecule has 4 atom stereocenters. The van der Waals surface area contributed by atoms with E-state index in [1.807, 2.05) is 0 Å². The van der Waals surface area contributed by atoms with Crippen molar-refractivity contribution in [2.75, 3.05) is 13.7 Å². The molecule has 2 rings (SSSR count). The van der Waals surface area contributed by atoms with Gasteiger partial charge in [-0.2, -0.15) is 0 Å². The van der Waals surface area contributed by atoms with Gasteiger partial charge in [0, 0.05) is 26.1 Å². The van der Waals surface area contributed by atoms with Crippen LogP contribution in [0.3, 0.4) is 0 Å². The minimum absolute atomic E-state index is 0.182. The smallest absolute Gasteiger partial charge is 0.326 e. The summed E-state index contributed by atoms with van der Waals surface area (Å²) in [5, 5.41) is 11.9. The minimum atomic E-state index is -0.969. The Labute approximate surface area is 99.9 Å². The first-order valence-corrected chi connectivity index (χ1v) is 5.85. The molecule has 1 saturated heterocycles. The number of carboxylic acids is 1. The van der Waals surface area contributed by atoms with Gasteiger partial charge in [-0.05, 0) is 12.3 Å². The van der Waals surface area contributed by atoms with Gasteiger partial charge in [0.15, 0.2) is 0 Å². The average Bonchev–Trinajstić information content (AvgIpc) is 2.83. The standard InChI is InChI=1S/C11H18N2O4/c1-6-3-8(6)12-11(16)13-5-7(17-2)4-9(13)10(14)15/h6-9H,3-5H2,1-2H3,(H,12,16)(H,14,15). The number of nitrogens with zero attached hydrogens (tertiary/aromatic N) is 1. The molecule has 0 aromatic rings. The van der Waals surface area contributed by atoms with Gasteiger partial charge in [0.2, 0.25) is 0 Å². The van der Waals surface area contributed by atoms with E-state index in [1.54, 1.807) is 0 Å². The minimum Gasteiger partial charge on any atom is -0.480 e. The summed E-state index contributed by atoms with van der Waals surface area (Å²) in [6.07, 6.45) is 1.16. The number of amides is 2. The molecule has 0 bridgehead atoms. The third-order valence-electron chi connectivity index (χ3n) is 3.56. The Balaban J connectivity index is 1.96. The van der Waals surface area contributed by atoms with Crippen molar-refractivity contribution in [3.8, 4) is 0 Å². The fraction of sp³-hybridized carbons (Fsp3) is 0.818. The highest BCUT2D eigenvalue weighted by atomic mass is 16.5. The molecule has 1 aliphatic carbocycles. The molecule has 0 radical (unpaired) electrons. The molecule has 2 amide bonds. The summed E-state index contributed by atoms with van der Waals surface area (Å²) >= 11 is 0. The number of ether oxygens (including phenoxy) is 1. The van der Waals surface area contributed by atoms with E-state index in [9.17, 15) is 9.59 Å². The number of hydrogen-bond donors (Lipinski definition) is 2. The van der Waals surface area contributed by atoms with Gasteiger partial charge in [-0.15, -0.1) is 0 Å². The molecule has 0 spiro atoms. The maximum absolute atomic E-state index is 11.9. The molecule has 17 heavy (non-hydrogen) atoms. The Morgan fingerprint density at radius 2 is 2.06 bits per heavy atom. The Morgan fingerprint density at radius 3 is 2.53 bits per heavy atom. The van der Waals surface area contributed by atoms with Crippen LogP contribution in [0.5, 0.6) is 0 Å². The lowest BCUT2D eigenvalue weighted by Crippen LogP contribution is -2.47. The summed E-state index contributed by atoms with van der Waals surface area (Å²) in [5.74, 6) is -0.466. The predicted octanol–water partition coefficient (Wildman–Crippen LogP) is 0.278. The van der Waals surface area contributed by atoms with Crippen LogP contribution in [0.4, 0.5) is 4.79 Å². The number of methoxy groups -OCH3 is 1. The molecule has 1 aliphatic heterocycles. The highest BCUT2D eigenvalue weighted by Gasteiger charge is 2.42. The molecule has 2 N–H and O–H groups in total. The van der Waals surface area contributed by atoms with Crippen LogP contribution < -0.4 is 5.32 Å². The average molecular weight is 242 g/mol. The predicted molar refractivity (Wildman–Crippen MR) is 59.6 cm³/mol. The number of hydrogen-bond acceptors (Lipinski definition) is 3. The van der Waals surface area contributed by atoms with E-state index in [1.165, 1.54) is 12.0 Å². The van der Waals surface area contributed by atoms with Gasteiger partial charge < -0.3 is 20.1 Å².